The number of hydrogen-bond donors (Lipinski definition) is 1. The number of hydrogen-bond acceptors (Lipinski definition) is 5. The Kier molecular flexibility index (Phi) is 3.54. The van der Waals surface area contributed by atoms with Crippen molar-refractivity contribution in [2.45, 2.75) is 13.8 Å². The van der Waals surface area contributed by atoms with Gasteiger partial charge in [-0.1, -0.05) is 25.2 Å². The number of carbonyl (C=O) groups excluding carboxylic acids is 1. The van der Waals surface area contributed by atoms with Crippen LogP contribution in [0.1, 0.15) is 13.8 Å². The smallest absolute Gasteiger partial charge is 0.243 e. The van der Waals surface area contributed by atoms with Gasteiger partial charge in [0, 0.05) is 0 Å². The van der Waals surface area contributed by atoms with Crippen molar-refractivity contribution in [3.05, 3.63) is 5.51 Å². The zero-order chi connectivity index (χ0) is 10.6. The number of nitrogens with zero attached hydrogens (tertiary/aromatic N) is 3. The zero-order valence-corrected chi connectivity index (χ0v) is 8.71. The number of amides is 1. The zero-order valence-electron chi connectivity index (χ0n) is 7.89. The summed E-state index contributed by atoms with van der Waals surface area (Å²) < 4.78 is 0. The summed E-state index contributed by atoms with van der Waals surface area (Å²) in [6, 6.07) is 1.96. The molecule has 1 amide bonds. The molecule has 14 heavy (non-hydrogen) atoms. The monoisotopic (exact) mass is 210 g/mol. The maximum absolute atomic E-state index is 11.5. The molecular weight excluding hydrogens is 200 g/mol. The highest BCUT2D eigenvalue weighted by Gasteiger charge is 2.22. The van der Waals surface area contributed by atoms with Crippen LogP contribution >= 0.6 is 11.3 Å². The molecule has 0 aromatic carbocycles. The minimum atomic E-state index is -0.640. The Hall–Kier alpha value is -1.48. The highest BCUT2D eigenvalue weighted by molar-refractivity contribution is 7.13. The van der Waals surface area contributed by atoms with E-state index < -0.39 is 5.92 Å². The van der Waals surface area contributed by atoms with Gasteiger partial charge in [0.05, 0.1) is 6.07 Å². The normalized spacial score (nSPS) is 12.1. The predicted octanol–water partition coefficient (Wildman–Crippen LogP) is 1.27. The number of carbonyl (C=O) groups is 1. The van der Waals surface area contributed by atoms with Crippen LogP contribution in [0.3, 0.4) is 0 Å². The Morgan fingerprint density at radius 3 is 2.86 bits per heavy atom. The van der Waals surface area contributed by atoms with Gasteiger partial charge in [0.25, 0.3) is 0 Å². The Labute approximate surface area is 85.8 Å². The summed E-state index contributed by atoms with van der Waals surface area (Å²) in [5.74, 6) is -0.967. The number of aromatic nitrogens is 2. The third kappa shape index (κ3) is 2.50. The first-order chi connectivity index (χ1) is 6.65. The van der Waals surface area contributed by atoms with E-state index >= 15 is 0 Å². The molecule has 0 spiro atoms. The molecular formula is C8H10N4OS. The van der Waals surface area contributed by atoms with Gasteiger partial charge in [-0.15, -0.1) is 10.2 Å². The van der Waals surface area contributed by atoms with E-state index in [-0.39, 0.29) is 11.8 Å². The SMILES string of the molecule is CC(C)C(C#N)C(=O)Nc1nncs1. The number of rotatable bonds is 3. The molecule has 1 aromatic rings. The number of anilines is 1. The van der Waals surface area contributed by atoms with Crippen LogP contribution in [-0.2, 0) is 4.79 Å². The van der Waals surface area contributed by atoms with Gasteiger partial charge in [-0.3, -0.25) is 10.1 Å². The third-order valence-corrected chi connectivity index (χ3v) is 2.29. The summed E-state index contributed by atoms with van der Waals surface area (Å²) in [6.45, 7) is 3.65. The minimum absolute atomic E-state index is 0.00655. The largest absolute Gasteiger partial charge is 0.299 e. The molecule has 0 saturated heterocycles. The van der Waals surface area contributed by atoms with Crippen LogP contribution in [0.15, 0.2) is 5.51 Å². The van der Waals surface area contributed by atoms with E-state index in [9.17, 15) is 4.79 Å². The van der Waals surface area contributed by atoms with Crippen molar-refractivity contribution in [3.8, 4) is 6.07 Å². The van der Waals surface area contributed by atoms with E-state index in [1.54, 1.807) is 0 Å². The molecule has 0 radical (unpaired) electrons. The van der Waals surface area contributed by atoms with Gasteiger partial charge in [-0.25, -0.2) is 0 Å². The fourth-order valence-corrected chi connectivity index (χ4v) is 1.37. The summed E-state index contributed by atoms with van der Waals surface area (Å²) in [5.41, 5.74) is 1.52. The van der Waals surface area contributed by atoms with Crippen molar-refractivity contribution in [2.75, 3.05) is 5.32 Å². The lowest BCUT2D eigenvalue weighted by molar-refractivity contribution is -0.119. The lowest BCUT2D eigenvalue weighted by Gasteiger charge is -2.10. The molecule has 1 rings (SSSR count). The molecule has 1 unspecified atom stereocenters. The van der Waals surface area contributed by atoms with Crippen LogP contribution in [0.4, 0.5) is 5.13 Å². The van der Waals surface area contributed by atoms with E-state index in [1.165, 1.54) is 16.8 Å². The molecule has 6 heteroatoms. The average molecular weight is 210 g/mol. The maximum atomic E-state index is 11.5. The molecule has 74 valence electrons. The molecule has 0 fully saturated rings. The van der Waals surface area contributed by atoms with Crippen LogP contribution < -0.4 is 5.32 Å². The van der Waals surface area contributed by atoms with Gasteiger partial charge in [0.15, 0.2) is 0 Å². The first-order valence-electron chi connectivity index (χ1n) is 4.11. The lowest BCUT2D eigenvalue weighted by Crippen LogP contribution is -2.25. The Bertz CT molecular complexity index is 341. The first-order valence-corrected chi connectivity index (χ1v) is 4.99. The molecule has 0 aliphatic heterocycles. The van der Waals surface area contributed by atoms with Crippen molar-refractivity contribution in [1.82, 2.24) is 10.2 Å². The quantitative estimate of drug-likeness (QED) is 0.814. The van der Waals surface area contributed by atoms with E-state index in [1.807, 2.05) is 19.9 Å². The van der Waals surface area contributed by atoms with Crippen molar-refractivity contribution in [1.29, 1.82) is 5.26 Å². The highest BCUT2D eigenvalue weighted by Crippen LogP contribution is 2.14. The summed E-state index contributed by atoms with van der Waals surface area (Å²) in [5, 5.41) is 19.0. The molecule has 5 nitrogen and oxygen atoms in total. The van der Waals surface area contributed by atoms with E-state index in [2.05, 4.69) is 15.5 Å². The summed E-state index contributed by atoms with van der Waals surface area (Å²) >= 11 is 1.23. The van der Waals surface area contributed by atoms with E-state index in [0.29, 0.717) is 5.13 Å². The van der Waals surface area contributed by atoms with Crippen molar-refractivity contribution in [3.63, 3.8) is 0 Å². The Balaban J connectivity index is 2.62. The lowest BCUT2D eigenvalue weighted by atomic mass is 9.97. The molecule has 1 aromatic heterocycles. The van der Waals surface area contributed by atoms with Crippen LogP contribution in [0.5, 0.6) is 0 Å². The molecule has 0 saturated carbocycles. The van der Waals surface area contributed by atoms with E-state index in [4.69, 9.17) is 5.26 Å². The summed E-state index contributed by atoms with van der Waals surface area (Å²) in [7, 11) is 0. The van der Waals surface area contributed by atoms with Crippen molar-refractivity contribution in [2.24, 2.45) is 11.8 Å². The van der Waals surface area contributed by atoms with Gasteiger partial charge >= 0.3 is 0 Å². The van der Waals surface area contributed by atoms with Crippen LogP contribution in [-0.4, -0.2) is 16.1 Å². The van der Waals surface area contributed by atoms with Gasteiger partial charge in [-0.2, -0.15) is 5.26 Å². The van der Waals surface area contributed by atoms with Crippen LogP contribution in [0, 0.1) is 23.2 Å². The second-order valence-corrected chi connectivity index (χ2v) is 3.92. The van der Waals surface area contributed by atoms with Gasteiger partial charge in [0.2, 0.25) is 11.0 Å². The Morgan fingerprint density at radius 2 is 2.43 bits per heavy atom. The Morgan fingerprint density at radius 1 is 1.71 bits per heavy atom. The molecule has 1 N–H and O–H groups in total. The number of nitriles is 1. The second kappa shape index (κ2) is 4.67. The van der Waals surface area contributed by atoms with E-state index in [0.717, 1.165) is 0 Å². The fourth-order valence-electron chi connectivity index (χ4n) is 0.921. The van der Waals surface area contributed by atoms with Crippen molar-refractivity contribution >= 4 is 22.4 Å². The topological polar surface area (TPSA) is 78.7 Å². The third-order valence-electron chi connectivity index (χ3n) is 1.68. The van der Waals surface area contributed by atoms with Crippen molar-refractivity contribution < 1.29 is 4.79 Å². The molecule has 1 atom stereocenters. The van der Waals surface area contributed by atoms with Crippen LogP contribution in [0.2, 0.25) is 0 Å². The van der Waals surface area contributed by atoms with Gasteiger partial charge in [-0.05, 0) is 5.92 Å². The first kappa shape index (κ1) is 10.6. The van der Waals surface area contributed by atoms with Gasteiger partial charge < -0.3 is 0 Å². The molecule has 1 heterocycles. The standard InChI is InChI=1S/C8H10N4OS/c1-5(2)6(3-9)7(13)11-8-12-10-4-14-8/h4-6H,1-2H3,(H,11,12,13). The average Bonchev–Trinajstić information content (AvgIpc) is 2.57. The van der Waals surface area contributed by atoms with Crippen LogP contribution in [0.25, 0.3) is 0 Å². The highest BCUT2D eigenvalue weighted by atomic mass is 32.1. The minimum Gasteiger partial charge on any atom is -0.299 e. The second-order valence-electron chi connectivity index (χ2n) is 3.08. The molecule has 0 aliphatic carbocycles. The maximum Gasteiger partial charge on any atom is 0.243 e. The number of nitrogens with one attached hydrogen (secondary N) is 1. The fraction of sp³-hybridized carbons (Fsp3) is 0.500. The van der Waals surface area contributed by atoms with Gasteiger partial charge in [0.1, 0.15) is 11.4 Å². The summed E-state index contributed by atoms with van der Waals surface area (Å²) in [4.78, 5) is 11.5. The predicted molar refractivity (Wildman–Crippen MR) is 52.5 cm³/mol. The summed E-state index contributed by atoms with van der Waals surface area (Å²) in [6.07, 6.45) is 0. The molecule has 0 aliphatic rings. The molecule has 0 bridgehead atoms.